The van der Waals surface area contributed by atoms with Crippen molar-refractivity contribution < 1.29 is 0 Å². The summed E-state index contributed by atoms with van der Waals surface area (Å²) in [6, 6.07) is 2.73. The van der Waals surface area contributed by atoms with E-state index in [-0.39, 0.29) is 0 Å². The van der Waals surface area contributed by atoms with E-state index in [0.717, 1.165) is 0 Å². The monoisotopic (exact) mass is 338 g/mol. The largest absolute Gasteiger partial charge is 0.287 e. The molecule has 6 unspecified atom stereocenters. The first-order valence-electron chi connectivity index (χ1n) is 10.2. The van der Waals surface area contributed by atoms with E-state index >= 15 is 0 Å². The van der Waals surface area contributed by atoms with Gasteiger partial charge in [-0.15, -0.1) is 0 Å². The first-order valence-corrected chi connectivity index (χ1v) is 10.2. The Kier molecular flexibility index (Phi) is 7.12. The summed E-state index contributed by atoms with van der Waals surface area (Å²) >= 11 is 0. The molecule has 4 nitrogen and oxygen atoms in total. The van der Waals surface area contributed by atoms with Crippen molar-refractivity contribution in [1.29, 1.82) is 0 Å². The highest BCUT2D eigenvalue weighted by Crippen LogP contribution is 2.26. The van der Waals surface area contributed by atoms with Crippen LogP contribution in [0.5, 0.6) is 0 Å². The average molecular weight is 339 g/mol. The highest BCUT2D eigenvalue weighted by molar-refractivity contribution is 4.91. The van der Waals surface area contributed by atoms with E-state index in [1.54, 1.807) is 0 Å². The van der Waals surface area contributed by atoms with Crippen molar-refractivity contribution in [2.75, 3.05) is 27.2 Å². The highest BCUT2D eigenvalue weighted by Gasteiger charge is 2.38. The van der Waals surface area contributed by atoms with E-state index in [9.17, 15) is 0 Å². The minimum absolute atomic E-state index is 0.596. The van der Waals surface area contributed by atoms with Gasteiger partial charge in [-0.1, -0.05) is 12.8 Å². The lowest BCUT2D eigenvalue weighted by Crippen LogP contribution is -2.37. The van der Waals surface area contributed by atoms with Crippen LogP contribution in [0.2, 0.25) is 0 Å². The number of nitrogens with zero attached hydrogens (tertiary/aromatic N) is 4. The van der Waals surface area contributed by atoms with E-state index in [1.165, 1.54) is 38.8 Å². The van der Waals surface area contributed by atoms with Crippen LogP contribution in [0, 0.1) is 0 Å². The van der Waals surface area contributed by atoms with Crippen molar-refractivity contribution in [2.45, 2.75) is 104 Å². The molecule has 2 heterocycles. The molecule has 0 saturated carbocycles. The third kappa shape index (κ3) is 3.98. The van der Waals surface area contributed by atoms with Crippen molar-refractivity contribution >= 4 is 0 Å². The van der Waals surface area contributed by atoms with Gasteiger partial charge in [0.2, 0.25) is 0 Å². The molecule has 6 atom stereocenters. The maximum absolute atomic E-state index is 2.69. The van der Waals surface area contributed by atoms with Crippen molar-refractivity contribution in [3.05, 3.63) is 0 Å². The van der Waals surface area contributed by atoms with Gasteiger partial charge in [-0.2, -0.15) is 0 Å². The normalized spacial score (nSPS) is 40.0. The van der Waals surface area contributed by atoms with Crippen LogP contribution in [0.4, 0.5) is 0 Å². The summed E-state index contributed by atoms with van der Waals surface area (Å²) in [4.78, 5) is 10.4. The molecule has 0 bridgehead atoms. The lowest BCUT2D eigenvalue weighted by Gasteiger charge is -2.27. The number of hydrogen-bond acceptors (Lipinski definition) is 4. The fourth-order valence-electron chi connectivity index (χ4n) is 4.79. The lowest BCUT2D eigenvalue weighted by atomic mass is 10.1. The topological polar surface area (TPSA) is 13.0 Å². The number of unbranched alkanes of at least 4 members (excludes halogenated alkanes) is 3. The molecule has 0 aliphatic carbocycles. The lowest BCUT2D eigenvalue weighted by molar-refractivity contribution is 0.147. The molecule has 0 aromatic carbocycles. The second kappa shape index (κ2) is 8.48. The second-order valence-electron chi connectivity index (χ2n) is 8.45. The molecule has 2 aliphatic heterocycles. The Balaban J connectivity index is 1.62. The SMILES string of the molecule is CC1C(C)N(CCCCCCN2C(C)C(C)N(C)C2C)C(C)N1C. The van der Waals surface area contributed by atoms with Gasteiger partial charge in [-0.25, -0.2) is 0 Å². The molecule has 4 heteroatoms. The van der Waals surface area contributed by atoms with Crippen LogP contribution < -0.4 is 0 Å². The highest BCUT2D eigenvalue weighted by atomic mass is 15.4. The number of likely N-dealkylation sites (N-methyl/N-ethyl adjacent to an activating group) is 2. The summed E-state index contributed by atoms with van der Waals surface area (Å²) in [5, 5.41) is 0. The van der Waals surface area contributed by atoms with Crippen LogP contribution in [0.15, 0.2) is 0 Å². The molecule has 0 N–H and O–H groups in total. The smallest absolute Gasteiger partial charge is 0.0596 e. The predicted molar refractivity (Wildman–Crippen MR) is 104 cm³/mol. The zero-order chi connectivity index (χ0) is 18.0. The average Bonchev–Trinajstić information content (AvgIpc) is 2.86. The Hall–Kier alpha value is -0.160. The van der Waals surface area contributed by atoms with Crippen LogP contribution in [0.3, 0.4) is 0 Å². The summed E-state index contributed by atoms with van der Waals surface area (Å²) < 4.78 is 0. The van der Waals surface area contributed by atoms with E-state index in [0.29, 0.717) is 36.5 Å². The third-order valence-corrected chi connectivity index (χ3v) is 7.45. The number of rotatable bonds is 7. The van der Waals surface area contributed by atoms with Crippen molar-refractivity contribution in [3.8, 4) is 0 Å². The zero-order valence-corrected chi connectivity index (χ0v) is 17.5. The molecule has 24 heavy (non-hydrogen) atoms. The van der Waals surface area contributed by atoms with Gasteiger partial charge in [0, 0.05) is 24.2 Å². The summed E-state index contributed by atoms with van der Waals surface area (Å²) in [5.41, 5.74) is 0. The van der Waals surface area contributed by atoms with Gasteiger partial charge in [0.05, 0.1) is 12.3 Å². The van der Waals surface area contributed by atoms with Crippen molar-refractivity contribution in [3.63, 3.8) is 0 Å². The predicted octanol–water partition coefficient (Wildman–Crippen LogP) is 3.29. The maximum atomic E-state index is 2.69. The maximum Gasteiger partial charge on any atom is 0.0596 e. The van der Waals surface area contributed by atoms with Gasteiger partial charge < -0.3 is 0 Å². The van der Waals surface area contributed by atoms with Gasteiger partial charge in [0.1, 0.15) is 0 Å². The van der Waals surface area contributed by atoms with Crippen molar-refractivity contribution in [2.24, 2.45) is 0 Å². The molecule has 2 aliphatic rings. The molecular weight excluding hydrogens is 296 g/mol. The Morgan fingerprint density at radius 1 is 0.500 bits per heavy atom. The van der Waals surface area contributed by atoms with E-state index in [1.807, 2.05) is 0 Å². The van der Waals surface area contributed by atoms with E-state index in [2.05, 4.69) is 75.2 Å². The van der Waals surface area contributed by atoms with Gasteiger partial charge >= 0.3 is 0 Å². The van der Waals surface area contributed by atoms with Crippen LogP contribution in [-0.4, -0.2) is 83.3 Å². The quantitative estimate of drug-likeness (QED) is 0.660. The molecule has 0 radical (unpaired) electrons. The number of hydrogen-bond donors (Lipinski definition) is 0. The summed E-state index contributed by atoms with van der Waals surface area (Å²) in [7, 11) is 4.53. The van der Waals surface area contributed by atoms with Crippen molar-refractivity contribution in [1.82, 2.24) is 19.6 Å². The summed E-state index contributed by atoms with van der Waals surface area (Å²) in [5.74, 6) is 0. The van der Waals surface area contributed by atoms with Gasteiger partial charge in [-0.05, 0) is 81.6 Å². The molecule has 2 rings (SSSR count). The fourth-order valence-corrected chi connectivity index (χ4v) is 4.79. The summed E-state index contributed by atoms with van der Waals surface area (Å²) in [6.07, 6.45) is 6.62. The molecular formula is C20H42N4. The minimum atomic E-state index is 0.596. The van der Waals surface area contributed by atoms with Gasteiger partial charge in [0.15, 0.2) is 0 Å². The first kappa shape index (κ1) is 20.2. The van der Waals surface area contributed by atoms with E-state index in [4.69, 9.17) is 0 Å². The zero-order valence-electron chi connectivity index (χ0n) is 17.5. The Labute approximate surface area is 151 Å². The molecule has 2 saturated heterocycles. The Morgan fingerprint density at radius 3 is 1.08 bits per heavy atom. The van der Waals surface area contributed by atoms with Crippen LogP contribution in [-0.2, 0) is 0 Å². The molecule has 0 aromatic rings. The standard InChI is InChI=1S/C20H42N4/c1-15-17(3)23(19(5)21(15)7)13-11-9-10-12-14-24-18(4)16(2)22(8)20(24)6/h15-20H,9-14H2,1-8H3. The van der Waals surface area contributed by atoms with Crippen LogP contribution >= 0.6 is 0 Å². The van der Waals surface area contributed by atoms with Gasteiger partial charge in [0.25, 0.3) is 0 Å². The van der Waals surface area contributed by atoms with E-state index < -0.39 is 0 Å². The molecule has 0 amide bonds. The van der Waals surface area contributed by atoms with Crippen LogP contribution in [0.25, 0.3) is 0 Å². The van der Waals surface area contributed by atoms with Crippen LogP contribution in [0.1, 0.15) is 67.2 Å². The summed E-state index contributed by atoms with van der Waals surface area (Å²) in [6.45, 7) is 16.7. The fraction of sp³-hybridized carbons (Fsp3) is 1.00. The molecule has 0 spiro atoms. The van der Waals surface area contributed by atoms with Gasteiger partial charge in [-0.3, -0.25) is 19.6 Å². The molecule has 0 aromatic heterocycles. The first-order chi connectivity index (χ1) is 11.3. The Bertz CT molecular complexity index is 324. The minimum Gasteiger partial charge on any atom is -0.287 e. The Morgan fingerprint density at radius 2 is 0.833 bits per heavy atom. The second-order valence-corrected chi connectivity index (χ2v) is 8.45. The molecule has 142 valence electrons. The molecule has 2 fully saturated rings. The third-order valence-electron chi connectivity index (χ3n) is 7.45.